The van der Waals surface area contributed by atoms with E-state index >= 15 is 0 Å². The molecule has 11 heteroatoms. The highest BCUT2D eigenvalue weighted by atomic mass is 32.1. The lowest BCUT2D eigenvalue weighted by Crippen LogP contribution is -2.40. The van der Waals surface area contributed by atoms with Crippen LogP contribution in [-0.2, 0) is 9.53 Å². The Morgan fingerprint density at radius 2 is 1.57 bits per heavy atom. The molecule has 1 aliphatic rings. The van der Waals surface area contributed by atoms with Gasteiger partial charge in [0.2, 0.25) is 0 Å². The van der Waals surface area contributed by atoms with Crippen molar-refractivity contribution in [3.63, 3.8) is 0 Å². The molecule has 4 rings (SSSR count). The van der Waals surface area contributed by atoms with Crippen LogP contribution in [0.4, 0.5) is 0 Å². The lowest BCUT2D eigenvalue weighted by molar-refractivity contribution is -0.134. The van der Waals surface area contributed by atoms with Crippen LogP contribution in [0.15, 0.2) is 46.8 Å². The van der Waals surface area contributed by atoms with Crippen molar-refractivity contribution in [2.24, 2.45) is 5.73 Å². The van der Waals surface area contributed by atoms with E-state index in [-0.39, 0.29) is 33.8 Å². The van der Waals surface area contributed by atoms with Gasteiger partial charge in [-0.15, -0.1) is 11.3 Å². The molecule has 1 aromatic heterocycles. The van der Waals surface area contributed by atoms with Crippen LogP contribution in [0.2, 0.25) is 0 Å². The Balaban J connectivity index is 1.98. The zero-order valence-corrected chi connectivity index (χ0v) is 25.3. The monoisotopic (exact) mass is 591 g/mol. The predicted molar refractivity (Wildman–Crippen MR) is 160 cm³/mol. The first kappa shape index (κ1) is 30.3. The van der Waals surface area contributed by atoms with Crippen molar-refractivity contribution in [2.45, 2.75) is 45.8 Å². The Bertz CT molecular complexity index is 1780. The minimum Gasteiger partial charge on any atom is -0.493 e. The summed E-state index contributed by atoms with van der Waals surface area (Å²) >= 11 is 1.08. The maximum absolute atomic E-state index is 13.7. The smallest absolute Gasteiger partial charge is 0.337 e. The highest BCUT2D eigenvalue weighted by Crippen LogP contribution is 2.40. The summed E-state index contributed by atoms with van der Waals surface area (Å²) in [5, 5.41) is 10.2. The van der Waals surface area contributed by atoms with Gasteiger partial charge in [0.15, 0.2) is 23.0 Å². The molecule has 0 spiro atoms. The molecule has 0 bridgehead atoms. The summed E-state index contributed by atoms with van der Waals surface area (Å²) in [4.78, 5) is 27.0. The number of carbonyl (C=O) groups is 1. The Morgan fingerprint density at radius 3 is 2.12 bits per heavy atom. The van der Waals surface area contributed by atoms with Crippen LogP contribution in [0.5, 0.6) is 23.0 Å². The van der Waals surface area contributed by atoms with E-state index in [0.717, 1.165) is 11.3 Å². The molecular weight excluding hydrogens is 558 g/mol. The quantitative estimate of drug-likeness (QED) is 0.373. The number of rotatable bonds is 9. The molecular formula is C31H33N3O7S. The first-order chi connectivity index (χ1) is 20.0. The van der Waals surface area contributed by atoms with Crippen molar-refractivity contribution in [2.75, 3.05) is 21.3 Å². The van der Waals surface area contributed by atoms with Gasteiger partial charge in [0.05, 0.1) is 61.2 Å². The number of methoxy groups -OCH3 is 3. The van der Waals surface area contributed by atoms with Crippen LogP contribution in [0, 0.1) is 11.3 Å². The normalized spacial score (nSPS) is 15.0. The summed E-state index contributed by atoms with van der Waals surface area (Å²) in [6.07, 6.45) is 1.52. The van der Waals surface area contributed by atoms with Gasteiger partial charge in [-0.05, 0) is 69.2 Å². The summed E-state index contributed by atoms with van der Waals surface area (Å²) in [5.41, 5.74) is 7.37. The van der Waals surface area contributed by atoms with Crippen molar-refractivity contribution >= 4 is 34.8 Å². The third-order valence-electron chi connectivity index (χ3n) is 6.41. The first-order valence-corrected chi connectivity index (χ1v) is 14.0. The number of carbonyl (C=O) groups excluding carboxylic acids is 1. The van der Waals surface area contributed by atoms with E-state index in [9.17, 15) is 14.9 Å². The number of benzene rings is 2. The fraction of sp³-hybridized carbons (Fsp3) is 0.323. The molecule has 3 aromatic rings. The number of hydrogen-bond donors (Lipinski definition) is 1. The zero-order valence-electron chi connectivity index (χ0n) is 24.5. The minimum absolute atomic E-state index is 0.0331. The summed E-state index contributed by atoms with van der Waals surface area (Å²) < 4.78 is 29.6. The number of esters is 1. The number of thiazole rings is 1. The Kier molecular flexibility index (Phi) is 8.97. The lowest BCUT2D eigenvalue weighted by atomic mass is 9.83. The molecule has 1 atom stereocenters. The van der Waals surface area contributed by atoms with Crippen molar-refractivity contribution in [3.8, 4) is 29.1 Å². The van der Waals surface area contributed by atoms with E-state index in [0.29, 0.717) is 38.7 Å². The van der Waals surface area contributed by atoms with E-state index in [1.165, 1.54) is 25.9 Å². The molecule has 10 nitrogen and oxygen atoms in total. The van der Waals surface area contributed by atoms with Gasteiger partial charge in [-0.3, -0.25) is 9.36 Å². The second-order valence-electron chi connectivity index (χ2n) is 9.96. The van der Waals surface area contributed by atoms with Gasteiger partial charge in [0.1, 0.15) is 10.5 Å². The number of hydrogen-bond acceptors (Lipinski definition) is 10. The molecule has 1 aliphatic heterocycles. The van der Waals surface area contributed by atoms with Crippen molar-refractivity contribution in [1.29, 1.82) is 5.26 Å². The first-order valence-electron chi connectivity index (χ1n) is 13.2. The van der Waals surface area contributed by atoms with Crippen LogP contribution in [-0.4, -0.2) is 44.1 Å². The van der Waals surface area contributed by atoms with Gasteiger partial charge < -0.3 is 29.4 Å². The Hall–Kier alpha value is -4.69. The van der Waals surface area contributed by atoms with Gasteiger partial charge >= 0.3 is 5.97 Å². The van der Waals surface area contributed by atoms with Gasteiger partial charge in [0, 0.05) is 0 Å². The molecule has 0 saturated heterocycles. The summed E-state index contributed by atoms with van der Waals surface area (Å²) in [7, 11) is 4.29. The van der Waals surface area contributed by atoms with Crippen molar-refractivity contribution in [1.82, 2.24) is 4.57 Å². The summed E-state index contributed by atoms with van der Waals surface area (Å²) in [6, 6.07) is 12.6. The van der Waals surface area contributed by atoms with E-state index in [2.05, 4.69) is 6.07 Å². The van der Waals surface area contributed by atoms with Gasteiger partial charge in [-0.25, -0.2) is 4.79 Å². The number of aromatic nitrogens is 1. The maximum Gasteiger partial charge on any atom is 0.337 e. The van der Waals surface area contributed by atoms with E-state index in [1.54, 1.807) is 42.5 Å². The van der Waals surface area contributed by atoms with E-state index in [1.807, 2.05) is 27.7 Å². The molecule has 0 aliphatic carbocycles. The number of fused-ring (bicyclic) bond motifs is 1. The Morgan fingerprint density at radius 1 is 0.976 bits per heavy atom. The number of ether oxygens (including phenoxy) is 5. The van der Waals surface area contributed by atoms with Crippen molar-refractivity contribution in [3.05, 3.63) is 72.6 Å². The number of nitriles is 1. The van der Waals surface area contributed by atoms with Gasteiger partial charge in [-0.2, -0.15) is 5.26 Å². The standard InChI is InChI=1S/C31H33N3O7S/c1-16(2)40-21-10-8-18(12-23(21)37-5)13-25-29(35)34-28(33)20(15-32)26(27(30(34)42-25)31(36)39-7)19-9-11-22(41-17(3)4)24(14-19)38-6/h8-14,16-17,26H,33H2,1-7H3/b25-13+. The summed E-state index contributed by atoms with van der Waals surface area (Å²) in [6.45, 7) is 7.61. The van der Waals surface area contributed by atoms with Gasteiger partial charge in [0.25, 0.3) is 5.56 Å². The molecule has 0 fully saturated rings. The van der Waals surface area contributed by atoms with E-state index < -0.39 is 17.4 Å². The highest BCUT2D eigenvalue weighted by Gasteiger charge is 2.36. The van der Waals surface area contributed by atoms with Crippen LogP contribution >= 0.6 is 11.3 Å². The highest BCUT2D eigenvalue weighted by molar-refractivity contribution is 7.07. The second kappa shape index (κ2) is 12.4. The van der Waals surface area contributed by atoms with Crippen LogP contribution in [0.25, 0.3) is 17.5 Å². The number of nitrogens with zero attached hydrogens (tertiary/aromatic N) is 2. The third kappa shape index (κ3) is 5.71. The van der Waals surface area contributed by atoms with Crippen LogP contribution < -0.4 is 39.4 Å². The molecule has 0 saturated carbocycles. The molecule has 0 amide bonds. The molecule has 2 N–H and O–H groups in total. The predicted octanol–water partition coefficient (Wildman–Crippen LogP) is 3.10. The minimum atomic E-state index is -0.914. The topological polar surface area (TPSA) is 135 Å². The number of nitrogens with two attached hydrogens (primary N) is 1. The third-order valence-corrected chi connectivity index (χ3v) is 7.51. The Labute approximate surface area is 247 Å². The zero-order chi connectivity index (χ0) is 30.7. The molecule has 220 valence electrons. The second-order valence-corrected chi connectivity index (χ2v) is 11.0. The maximum atomic E-state index is 13.7. The molecule has 0 radical (unpaired) electrons. The van der Waals surface area contributed by atoms with E-state index in [4.69, 9.17) is 29.4 Å². The molecule has 2 aromatic carbocycles. The molecule has 42 heavy (non-hydrogen) atoms. The average Bonchev–Trinajstić information content (AvgIpc) is 3.28. The van der Waals surface area contributed by atoms with Gasteiger partial charge in [-0.1, -0.05) is 12.1 Å². The van der Waals surface area contributed by atoms with Crippen LogP contribution in [0.1, 0.15) is 44.7 Å². The lowest BCUT2D eigenvalue weighted by Gasteiger charge is -2.25. The number of allylic oxidation sites excluding steroid dienone is 1. The SMILES string of the molecule is COC(=O)C1=c2s/c(=C/c3ccc(OC(C)C)c(OC)c3)c(=O)n2C(N)=C(C#N)C1c1ccc(OC(C)C)c(OC)c1. The summed E-state index contributed by atoms with van der Waals surface area (Å²) in [5.74, 6) is 0.331. The van der Waals surface area contributed by atoms with Crippen molar-refractivity contribution < 1.29 is 28.5 Å². The molecule has 1 unspecified atom stereocenters. The molecule has 2 heterocycles. The average molecular weight is 592 g/mol. The fourth-order valence-corrected chi connectivity index (χ4v) is 5.84. The van der Waals surface area contributed by atoms with Crippen LogP contribution in [0.3, 0.4) is 0 Å². The fourth-order valence-electron chi connectivity index (χ4n) is 4.68. The largest absolute Gasteiger partial charge is 0.493 e.